The molecular formula is C101H193F27. The number of alkyl halides is 27. The van der Waals surface area contributed by atoms with E-state index in [1.54, 1.807) is 104 Å². The first kappa shape index (κ1) is 144. The van der Waals surface area contributed by atoms with E-state index in [4.69, 9.17) is 0 Å². The van der Waals surface area contributed by atoms with E-state index in [1.165, 1.54) is 62.3 Å². The van der Waals surface area contributed by atoms with Crippen LogP contribution in [0.5, 0.6) is 0 Å². The lowest BCUT2D eigenvalue weighted by atomic mass is 9.57. The van der Waals surface area contributed by atoms with Gasteiger partial charge in [-0.05, 0) is 171 Å². The van der Waals surface area contributed by atoms with E-state index in [-0.39, 0.29) is 110 Å². The molecule has 1 unspecified atom stereocenters. The molecule has 0 fully saturated rings. The van der Waals surface area contributed by atoms with Gasteiger partial charge in [-0.2, -0.15) is 119 Å². The average Bonchev–Trinajstić information content (AvgIpc) is 0.750. The number of hydrogen-bond donors (Lipinski definition) is 0. The minimum atomic E-state index is -4.14. The van der Waals surface area contributed by atoms with Crippen molar-refractivity contribution in [2.75, 3.05) is 0 Å². The summed E-state index contributed by atoms with van der Waals surface area (Å²) < 4.78 is 351. The third kappa shape index (κ3) is 37.5. The molecule has 0 aliphatic heterocycles. The minimum absolute atomic E-state index is 0.0524. The van der Waals surface area contributed by atoms with Gasteiger partial charge < -0.3 is 0 Å². The normalized spacial score (nSPS) is 17.5. The Bertz CT molecular complexity index is 2720. The lowest BCUT2D eigenvalue weighted by molar-refractivity contribution is -0.275. The molecule has 27 heteroatoms. The van der Waals surface area contributed by atoms with Gasteiger partial charge in [-0.1, -0.05) is 376 Å². The molecule has 0 aromatic rings. The van der Waals surface area contributed by atoms with Gasteiger partial charge in [-0.15, -0.1) is 0 Å². The molecule has 0 nitrogen and oxygen atoms in total. The van der Waals surface area contributed by atoms with E-state index in [0.29, 0.717) is 103 Å². The summed E-state index contributed by atoms with van der Waals surface area (Å²) in [5.41, 5.74) is -15.9. The topological polar surface area (TPSA) is 0 Å². The first-order chi connectivity index (χ1) is 56.7. The number of rotatable bonds is 38. The Morgan fingerprint density at radius 3 is 0.562 bits per heavy atom. The zero-order valence-electron chi connectivity index (χ0n) is 88.9. The maximum absolute atomic E-state index is 13.3. The fourth-order valence-electron chi connectivity index (χ4n) is 20.4. The lowest BCUT2D eigenvalue weighted by Crippen LogP contribution is -2.51. The van der Waals surface area contributed by atoms with Gasteiger partial charge in [0.1, 0.15) is 0 Å². The van der Waals surface area contributed by atoms with Gasteiger partial charge in [0, 0.05) is 0 Å². The fourth-order valence-corrected chi connectivity index (χ4v) is 20.4. The van der Waals surface area contributed by atoms with Gasteiger partial charge >= 0.3 is 55.6 Å². The summed E-state index contributed by atoms with van der Waals surface area (Å²) in [6.07, 6.45) is -26.2. The van der Waals surface area contributed by atoms with Crippen molar-refractivity contribution in [2.45, 2.75) is 515 Å². The smallest absolute Gasteiger partial charge is 0.171 e. The van der Waals surface area contributed by atoms with Crippen LogP contribution in [0.4, 0.5) is 119 Å². The summed E-state index contributed by atoms with van der Waals surface area (Å²) in [6, 6.07) is 0. The summed E-state index contributed by atoms with van der Waals surface area (Å²) >= 11 is 0. The molecule has 0 saturated carbocycles. The fraction of sp³-hybridized carbons (Fsp3) is 1.00. The SMILES string of the molecule is CCC(C)(CC)[C@](C)(C(C)C)C(F)(F)F.CCC(C)(CC)[C@](C)(CC)C(F)(F)F.CCC(C)[C@@](C)(C(C)C)C(F)(F)F.CCC(CC)[C@](C)(C(C)C)C(F)(F)F.CCCC(C)(CCC)C(F)(F)F.CCC[C@@](C)(C(C(C)C)C(C)C)C(F)(F)F.CCC[C@@](C)(C(CC)CC)C(F)(F)F.CCC[C@](C)(C(F)(F)F)C(C)(CC)CC.CC[C@@](C)(C(C(C)C)C(C)C)C(F)(F)F. The first-order valence-electron chi connectivity index (χ1n) is 48.3. The number of halogens is 27. The summed E-state index contributed by atoms with van der Waals surface area (Å²) in [7, 11) is 0. The highest BCUT2D eigenvalue weighted by Crippen LogP contribution is 2.62. The molecule has 0 bridgehead atoms. The van der Waals surface area contributed by atoms with Crippen molar-refractivity contribution in [3.63, 3.8) is 0 Å². The van der Waals surface area contributed by atoms with E-state index in [9.17, 15) is 119 Å². The van der Waals surface area contributed by atoms with E-state index < -0.39 is 126 Å². The number of hydrogen-bond acceptors (Lipinski definition) is 0. The van der Waals surface area contributed by atoms with Gasteiger partial charge in [0.15, 0.2) is 0 Å². The zero-order chi connectivity index (χ0) is 106. The monoisotopic (exact) mass is 1920 g/mol. The van der Waals surface area contributed by atoms with Crippen LogP contribution in [0.25, 0.3) is 0 Å². The molecule has 0 aromatic heterocycles. The van der Waals surface area contributed by atoms with Crippen molar-refractivity contribution in [3.05, 3.63) is 0 Å². The Hall–Kier alpha value is -1.89. The Morgan fingerprint density at radius 1 is 0.188 bits per heavy atom. The minimum Gasteiger partial charge on any atom is -0.171 e. The summed E-state index contributed by atoms with van der Waals surface area (Å²) in [6.45, 7) is 76.6. The van der Waals surface area contributed by atoms with Gasteiger partial charge in [0.05, 0.1) is 48.7 Å². The molecule has 786 valence electrons. The van der Waals surface area contributed by atoms with Crippen LogP contribution >= 0.6 is 0 Å². The molecule has 0 N–H and O–H groups in total. The third-order valence-electron chi connectivity index (χ3n) is 32.9. The molecule has 0 saturated heterocycles. The summed E-state index contributed by atoms with van der Waals surface area (Å²) in [5.74, 6) is -2.41. The van der Waals surface area contributed by atoms with Crippen molar-refractivity contribution in [3.8, 4) is 0 Å². The quantitative estimate of drug-likeness (QED) is 0.0541. The second-order valence-electron chi connectivity index (χ2n) is 41.8. The van der Waals surface area contributed by atoms with Crippen LogP contribution in [0.3, 0.4) is 0 Å². The third-order valence-corrected chi connectivity index (χ3v) is 32.9. The van der Waals surface area contributed by atoms with Crippen LogP contribution in [0.2, 0.25) is 0 Å². The molecule has 128 heavy (non-hydrogen) atoms. The standard InChI is InChI=1S/C13H25F3.3C12H23F3.3C11H21F3.C10H19F3.C9H17F3/c1-7-8-12(6,13(14,15)16)11(9(2)3)10(4)5;1-7-10(5,8-2)11(6,9(3)4)12(13,14)15;1-7-11(6,12(13,14)15)10(8(2)3)9(4)5;1-6-9-11(5,12(13,14)15)10(4,7-2)8-3;1-6-9(4,7-2)10(5,8-3)11(12,13)14;1-6-9(7-2)10(5,8(3)4)11(12,13)14;1-5-8-10(4,11(12,13)14)9(6-2)7-3;1-6-8(4)9(5,7(2)3)10(11,12)13;1-4-6-8(3,7-5-2)9(10,11)12/h9-11H,7-8H2,1-6H3;9H,7-8H2,1-6H3;8-10H,7H2,1-6H3;6-9H2,1-5H3;6-8H2,1-5H3;8-9H,6-7H2,1-5H3;9H,5-8H2,1-4H3;7-8H,6H2,1-5H3;4-7H2,1-3H3/t12-;3*11-;3*10-;8?,9-;/m00000001./s1. The van der Waals surface area contributed by atoms with Gasteiger partial charge in [-0.3, -0.25) is 0 Å². The largest absolute Gasteiger partial charge is 0.395 e. The Balaban J connectivity index is -0.000000178. The Labute approximate surface area is 766 Å². The zero-order valence-corrected chi connectivity index (χ0v) is 88.9. The van der Waals surface area contributed by atoms with Gasteiger partial charge in [-0.25, -0.2) is 0 Å². The van der Waals surface area contributed by atoms with Gasteiger partial charge in [0.25, 0.3) is 0 Å². The van der Waals surface area contributed by atoms with E-state index >= 15 is 0 Å². The highest BCUT2D eigenvalue weighted by molar-refractivity contribution is 5.01. The molecule has 0 radical (unpaired) electrons. The Kier molecular flexibility index (Phi) is 64.6. The summed E-state index contributed by atoms with van der Waals surface area (Å²) in [4.78, 5) is 0. The van der Waals surface area contributed by atoms with Crippen molar-refractivity contribution >= 4 is 0 Å². The summed E-state index contributed by atoms with van der Waals surface area (Å²) in [5, 5.41) is 0. The van der Waals surface area contributed by atoms with E-state index in [1.807, 2.05) is 145 Å². The van der Waals surface area contributed by atoms with E-state index in [2.05, 4.69) is 0 Å². The Morgan fingerprint density at radius 2 is 0.438 bits per heavy atom. The highest BCUT2D eigenvalue weighted by atomic mass is 19.4. The van der Waals surface area contributed by atoms with Crippen LogP contribution in [0, 0.1) is 136 Å². The van der Waals surface area contributed by atoms with Crippen molar-refractivity contribution < 1.29 is 119 Å². The molecule has 0 amide bonds. The highest BCUT2D eigenvalue weighted by Gasteiger charge is 2.65. The van der Waals surface area contributed by atoms with Crippen molar-refractivity contribution in [1.29, 1.82) is 0 Å². The second-order valence-corrected chi connectivity index (χ2v) is 41.8. The second kappa shape index (κ2) is 57.5. The first-order valence-corrected chi connectivity index (χ1v) is 48.3. The van der Waals surface area contributed by atoms with Crippen molar-refractivity contribution in [1.82, 2.24) is 0 Å². The predicted octanol–water partition coefficient (Wildman–Crippen LogP) is 43.0. The predicted molar refractivity (Wildman–Crippen MR) is 487 cm³/mol. The maximum Gasteiger partial charge on any atom is 0.395 e. The molecule has 0 rings (SSSR count). The molecule has 0 aliphatic carbocycles. The van der Waals surface area contributed by atoms with Crippen LogP contribution in [0.1, 0.15) is 459 Å². The van der Waals surface area contributed by atoms with Crippen LogP contribution < -0.4 is 0 Å². The van der Waals surface area contributed by atoms with Crippen LogP contribution in [-0.4, -0.2) is 55.6 Å². The van der Waals surface area contributed by atoms with Crippen molar-refractivity contribution in [2.24, 2.45) is 136 Å². The molecule has 9 atom stereocenters. The van der Waals surface area contributed by atoms with Crippen LogP contribution in [-0.2, 0) is 0 Å². The molecule has 0 aromatic carbocycles. The van der Waals surface area contributed by atoms with Crippen LogP contribution in [0.15, 0.2) is 0 Å². The maximum atomic E-state index is 13.3. The average molecular weight is 1920 g/mol. The molecular weight excluding hydrogens is 1730 g/mol. The molecule has 0 aliphatic rings. The van der Waals surface area contributed by atoms with E-state index in [0.717, 1.165) is 0 Å². The van der Waals surface area contributed by atoms with Gasteiger partial charge in [0.2, 0.25) is 0 Å². The molecule has 0 spiro atoms. The lowest BCUT2D eigenvalue weighted by Gasteiger charge is -2.49. The molecule has 0 heterocycles.